The highest BCUT2D eigenvalue weighted by Crippen LogP contribution is 2.30. The first-order valence-corrected chi connectivity index (χ1v) is 7.21. The number of carbonyl (C=O) groups is 1. The molecule has 0 radical (unpaired) electrons. The number of carbonyl (C=O) groups excluding carboxylic acids is 1. The molecule has 0 unspecified atom stereocenters. The molecule has 1 aromatic rings. The molecule has 122 valence electrons. The summed E-state index contributed by atoms with van der Waals surface area (Å²) in [5.74, 6) is 0.175. The summed E-state index contributed by atoms with van der Waals surface area (Å²) >= 11 is 5.74. The van der Waals surface area contributed by atoms with Crippen LogP contribution < -0.4 is 15.4 Å². The second-order valence-electron chi connectivity index (χ2n) is 5.17. The fourth-order valence-electron chi connectivity index (χ4n) is 1.78. The third kappa shape index (κ3) is 6.11. The molecule has 1 aromatic carbocycles. The minimum absolute atomic E-state index is 0.0951. The molecule has 1 fully saturated rings. The summed E-state index contributed by atoms with van der Waals surface area (Å²) in [5.41, 5.74) is 0.159. The van der Waals surface area contributed by atoms with Gasteiger partial charge in [0, 0.05) is 11.1 Å². The molecule has 0 saturated heterocycles. The highest BCUT2D eigenvalue weighted by atomic mass is 35.5. The number of rotatable bonds is 7. The molecule has 2 N–H and O–H groups in total. The van der Waals surface area contributed by atoms with Gasteiger partial charge in [0.05, 0.1) is 12.2 Å². The summed E-state index contributed by atoms with van der Waals surface area (Å²) in [6.45, 7) is -0.584. The zero-order valence-electron chi connectivity index (χ0n) is 11.7. The van der Waals surface area contributed by atoms with Crippen molar-refractivity contribution in [2.24, 2.45) is 5.92 Å². The third-order valence-corrected chi connectivity index (χ3v) is 3.26. The van der Waals surface area contributed by atoms with Crippen LogP contribution in [0.25, 0.3) is 0 Å². The molecular weight excluding hydrogens is 321 g/mol. The summed E-state index contributed by atoms with van der Waals surface area (Å²) < 4.78 is 41.4. The van der Waals surface area contributed by atoms with Crippen molar-refractivity contribution in [1.82, 2.24) is 5.32 Å². The average molecular weight is 337 g/mol. The molecular formula is C14H16ClF3N2O2. The number of hydrogen-bond acceptors (Lipinski definition) is 3. The van der Waals surface area contributed by atoms with E-state index >= 15 is 0 Å². The maximum Gasteiger partial charge on any atom is 0.422 e. The molecule has 8 heteroatoms. The Kier molecular flexibility index (Phi) is 5.52. The molecule has 4 nitrogen and oxygen atoms in total. The van der Waals surface area contributed by atoms with Gasteiger partial charge in [0.1, 0.15) is 5.75 Å². The lowest BCUT2D eigenvalue weighted by molar-refractivity contribution is -0.153. The number of hydrogen-bond donors (Lipinski definition) is 2. The summed E-state index contributed by atoms with van der Waals surface area (Å²) in [6.07, 6.45) is -2.13. The van der Waals surface area contributed by atoms with E-state index in [0.717, 1.165) is 6.54 Å². The van der Waals surface area contributed by atoms with Gasteiger partial charge in [0.25, 0.3) is 0 Å². The Morgan fingerprint density at radius 2 is 2.09 bits per heavy atom. The average Bonchev–Trinajstić information content (AvgIpc) is 3.22. The first-order chi connectivity index (χ1) is 10.3. The van der Waals surface area contributed by atoms with Crippen molar-refractivity contribution in [3.05, 3.63) is 23.2 Å². The summed E-state index contributed by atoms with van der Waals surface area (Å²) in [4.78, 5) is 11.8. The predicted molar refractivity (Wildman–Crippen MR) is 77.2 cm³/mol. The van der Waals surface area contributed by atoms with Crippen molar-refractivity contribution < 1.29 is 22.7 Å². The quantitative estimate of drug-likeness (QED) is 0.804. The number of amides is 1. The molecule has 1 aliphatic rings. The fraction of sp³-hybridized carbons (Fsp3) is 0.500. The fourth-order valence-corrected chi connectivity index (χ4v) is 1.95. The second-order valence-corrected chi connectivity index (χ2v) is 5.60. The van der Waals surface area contributed by atoms with Gasteiger partial charge in [-0.25, -0.2) is 0 Å². The Morgan fingerprint density at radius 3 is 2.73 bits per heavy atom. The van der Waals surface area contributed by atoms with Crippen molar-refractivity contribution >= 4 is 23.2 Å². The first kappa shape index (κ1) is 16.9. The van der Waals surface area contributed by atoms with Crippen molar-refractivity contribution in [2.45, 2.75) is 19.0 Å². The minimum atomic E-state index is -4.46. The van der Waals surface area contributed by atoms with Crippen molar-refractivity contribution in [3.8, 4) is 5.75 Å². The molecule has 0 bridgehead atoms. The van der Waals surface area contributed by atoms with Gasteiger partial charge in [-0.1, -0.05) is 11.6 Å². The Bertz CT molecular complexity index is 533. The van der Waals surface area contributed by atoms with Gasteiger partial charge < -0.3 is 15.4 Å². The molecule has 0 spiro atoms. The zero-order chi connectivity index (χ0) is 16.2. The van der Waals surface area contributed by atoms with E-state index in [0.29, 0.717) is 5.92 Å². The topological polar surface area (TPSA) is 50.4 Å². The lowest BCUT2D eigenvalue weighted by Crippen LogP contribution is -2.29. The van der Waals surface area contributed by atoms with Gasteiger partial charge in [-0.05, 0) is 37.4 Å². The van der Waals surface area contributed by atoms with Gasteiger partial charge in [-0.15, -0.1) is 0 Å². The van der Waals surface area contributed by atoms with Gasteiger partial charge >= 0.3 is 6.18 Å². The molecule has 22 heavy (non-hydrogen) atoms. The van der Waals surface area contributed by atoms with Crippen LogP contribution >= 0.6 is 11.6 Å². The van der Waals surface area contributed by atoms with E-state index in [-0.39, 0.29) is 28.9 Å². The van der Waals surface area contributed by atoms with Crippen molar-refractivity contribution in [2.75, 3.05) is 25.0 Å². The van der Waals surface area contributed by atoms with Crippen LogP contribution in [-0.4, -0.2) is 31.8 Å². The van der Waals surface area contributed by atoms with Crippen LogP contribution in [0.2, 0.25) is 5.02 Å². The van der Waals surface area contributed by atoms with E-state index < -0.39 is 12.8 Å². The predicted octanol–water partition coefficient (Wildman–Crippen LogP) is 3.22. The largest absolute Gasteiger partial charge is 0.482 e. The van der Waals surface area contributed by atoms with Crippen LogP contribution in [-0.2, 0) is 4.79 Å². The minimum Gasteiger partial charge on any atom is -0.482 e. The summed E-state index contributed by atoms with van der Waals surface area (Å²) in [7, 11) is 0. The van der Waals surface area contributed by atoms with E-state index in [9.17, 15) is 18.0 Å². The standard InChI is InChI=1S/C14H16ClF3N2O2/c15-10-3-4-11(12(5-10)22-8-14(16,17)18)20-13(21)7-19-6-9-1-2-9/h3-5,9,19H,1-2,6-8H2,(H,20,21). The van der Waals surface area contributed by atoms with E-state index in [1.807, 2.05) is 0 Å². The van der Waals surface area contributed by atoms with Crippen LogP contribution in [0.1, 0.15) is 12.8 Å². The molecule has 1 saturated carbocycles. The Hall–Kier alpha value is -1.47. The van der Waals surface area contributed by atoms with Crippen molar-refractivity contribution in [3.63, 3.8) is 0 Å². The SMILES string of the molecule is O=C(CNCC1CC1)Nc1ccc(Cl)cc1OCC(F)(F)F. The molecule has 1 amide bonds. The van der Waals surface area contributed by atoms with Gasteiger partial charge in [0.2, 0.25) is 5.91 Å². The number of anilines is 1. The summed E-state index contributed by atoms with van der Waals surface area (Å²) in [6, 6.07) is 4.11. The molecule has 0 aromatic heterocycles. The summed E-state index contributed by atoms with van der Waals surface area (Å²) in [5, 5.41) is 5.74. The Labute approximate surface area is 131 Å². The molecule has 1 aliphatic carbocycles. The van der Waals surface area contributed by atoms with Crippen LogP contribution in [0.4, 0.5) is 18.9 Å². The Morgan fingerprint density at radius 1 is 1.36 bits per heavy atom. The normalized spacial score (nSPS) is 14.7. The first-order valence-electron chi connectivity index (χ1n) is 6.83. The zero-order valence-corrected chi connectivity index (χ0v) is 12.4. The van der Waals surface area contributed by atoms with Crippen molar-refractivity contribution in [1.29, 1.82) is 0 Å². The number of halogens is 4. The lowest BCUT2D eigenvalue weighted by atomic mass is 10.3. The maximum absolute atomic E-state index is 12.2. The number of nitrogens with one attached hydrogen (secondary N) is 2. The molecule has 0 aliphatic heterocycles. The van der Waals surface area contributed by atoms with Crippen LogP contribution in [0, 0.1) is 5.92 Å². The van der Waals surface area contributed by atoms with Crippen LogP contribution in [0.15, 0.2) is 18.2 Å². The van der Waals surface area contributed by atoms with Crippen LogP contribution in [0.3, 0.4) is 0 Å². The van der Waals surface area contributed by atoms with Gasteiger partial charge in [0.15, 0.2) is 6.61 Å². The van der Waals surface area contributed by atoms with Gasteiger partial charge in [-0.2, -0.15) is 13.2 Å². The van der Waals surface area contributed by atoms with E-state index in [2.05, 4.69) is 10.6 Å². The number of alkyl halides is 3. The van der Waals surface area contributed by atoms with Gasteiger partial charge in [-0.3, -0.25) is 4.79 Å². The monoisotopic (exact) mass is 336 g/mol. The molecule has 0 heterocycles. The molecule has 2 rings (SSSR count). The maximum atomic E-state index is 12.2. The smallest absolute Gasteiger partial charge is 0.422 e. The number of ether oxygens (including phenoxy) is 1. The van der Waals surface area contributed by atoms with Crippen LogP contribution in [0.5, 0.6) is 5.75 Å². The van der Waals surface area contributed by atoms with E-state index in [1.165, 1.54) is 31.0 Å². The van der Waals surface area contributed by atoms with E-state index in [1.54, 1.807) is 0 Å². The molecule has 0 atom stereocenters. The third-order valence-electron chi connectivity index (χ3n) is 3.02. The highest BCUT2D eigenvalue weighted by molar-refractivity contribution is 6.30. The number of benzene rings is 1. The Balaban J connectivity index is 1.91. The second kappa shape index (κ2) is 7.19. The van der Waals surface area contributed by atoms with E-state index in [4.69, 9.17) is 16.3 Å². The highest BCUT2D eigenvalue weighted by Gasteiger charge is 2.29. The lowest BCUT2D eigenvalue weighted by Gasteiger charge is -2.14.